The maximum absolute atomic E-state index is 11.6. The van der Waals surface area contributed by atoms with Crippen molar-refractivity contribution in [3.8, 4) is 0 Å². The molecule has 2 fully saturated rings. The number of hydrogen-bond acceptors (Lipinski definition) is 3. The van der Waals surface area contributed by atoms with Gasteiger partial charge < -0.3 is 4.74 Å². The Labute approximate surface area is 86.8 Å². The number of hydrogen-bond donors (Lipinski definition) is 0. The largest absolute Gasteiger partial charge is 0.465 e. The number of ether oxygens (including phenoxy) is 1. The molecule has 0 aromatic rings. The van der Waals surface area contributed by atoms with Crippen LogP contribution in [0.15, 0.2) is 0 Å². The van der Waals surface area contributed by atoms with Crippen LogP contribution in [0.1, 0.15) is 26.2 Å². The predicted molar refractivity (Wildman–Crippen MR) is 52.3 cm³/mol. The van der Waals surface area contributed by atoms with E-state index in [0.29, 0.717) is 18.6 Å². The highest BCUT2D eigenvalue weighted by Crippen LogP contribution is 2.44. The summed E-state index contributed by atoms with van der Waals surface area (Å²) in [6.07, 6.45) is 3.54. The molecule has 0 amide bonds. The second-order valence-corrected chi connectivity index (χ2v) is 4.59. The standard InChI is InChI=1S/C9H14BrNO2/c1-2-13-9(12)8-6-3-4-7(5-6)11(8)10/h6-8H,2-5H2,1H3. The molecule has 13 heavy (non-hydrogen) atoms. The van der Waals surface area contributed by atoms with Crippen LogP contribution in [-0.4, -0.2) is 28.6 Å². The Kier molecular flexibility index (Phi) is 2.60. The highest BCUT2D eigenvalue weighted by Gasteiger charge is 2.49. The Bertz CT molecular complexity index is 220. The van der Waals surface area contributed by atoms with E-state index in [9.17, 15) is 4.79 Å². The van der Waals surface area contributed by atoms with Gasteiger partial charge in [0.1, 0.15) is 6.04 Å². The predicted octanol–water partition coefficient (Wildman–Crippen LogP) is 1.71. The van der Waals surface area contributed by atoms with E-state index >= 15 is 0 Å². The van der Waals surface area contributed by atoms with Gasteiger partial charge in [-0.05, 0) is 32.1 Å². The lowest BCUT2D eigenvalue weighted by atomic mass is 10.0. The fourth-order valence-corrected chi connectivity index (χ4v) is 3.33. The van der Waals surface area contributed by atoms with E-state index in [2.05, 4.69) is 16.1 Å². The van der Waals surface area contributed by atoms with Gasteiger partial charge in [0.2, 0.25) is 0 Å². The number of carbonyl (C=O) groups is 1. The van der Waals surface area contributed by atoms with E-state index in [4.69, 9.17) is 4.74 Å². The lowest BCUT2D eigenvalue weighted by molar-refractivity contribution is -0.148. The Balaban J connectivity index is 2.03. The fourth-order valence-electron chi connectivity index (χ4n) is 2.45. The molecule has 0 aromatic heterocycles. The number of esters is 1. The van der Waals surface area contributed by atoms with E-state index in [1.165, 1.54) is 12.8 Å². The van der Waals surface area contributed by atoms with Crippen molar-refractivity contribution >= 4 is 22.1 Å². The van der Waals surface area contributed by atoms with Gasteiger partial charge in [0, 0.05) is 22.2 Å². The first-order valence-corrected chi connectivity index (χ1v) is 5.55. The second kappa shape index (κ2) is 3.58. The van der Waals surface area contributed by atoms with Crippen LogP contribution in [0, 0.1) is 5.92 Å². The number of rotatable bonds is 2. The highest BCUT2D eigenvalue weighted by atomic mass is 79.9. The van der Waals surface area contributed by atoms with Gasteiger partial charge in [-0.1, -0.05) is 0 Å². The lowest BCUT2D eigenvalue weighted by Crippen LogP contribution is -2.40. The van der Waals surface area contributed by atoms with E-state index in [1.54, 1.807) is 0 Å². The van der Waals surface area contributed by atoms with Gasteiger partial charge in [-0.2, -0.15) is 0 Å². The Morgan fingerprint density at radius 1 is 1.62 bits per heavy atom. The monoisotopic (exact) mass is 247 g/mol. The number of fused-ring (bicyclic) bond motifs is 2. The molecule has 2 rings (SSSR count). The zero-order chi connectivity index (χ0) is 9.42. The van der Waals surface area contributed by atoms with Crippen LogP contribution in [0.2, 0.25) is 0 Å². The molecule has 1 saturated carbocycles. The molecule has 0 spiro atoms. The molecule has 2 bridgehead atoms. The third-order valence-corrected chi connectivity index (χ3v) is 4.05. The smallest absolute Gasteiger partial charge is 0.324 e. The van der Waals surface area contributed by atoms with Gasteiger partial charge >= 0.3 is 5.97 Å². The molecule has 1 heterocycles. The van der Waals surface area contributed by atoms with E-state index in [1.807, 2.05) is 10.8 Å². The van der Waals surface area contributed by atoms with Gasteiger partial charge in [0.25, 0.3) is 0 Å². The first kappa shape index (κ1) is 9.46. The minimum absolute atomic E-state index is 0.0290. The van der Waals surface area contributed by atoms with Crippen LogP contribution < -0.4 is 0 Å². The molecule has 2 aliphatic rings. The third kappa shape index (κ3) is 1.50. The van der Waals surface area contributed by atoms with Gasteiger partial charge in [0.05, 0.1) is 6.61 Å². The summed E-state index contributed by atoms with van der Waals surface area (Å²) in [7, 11) is 0. The van der Waals surface area contributed by atoms with Crippen LogP contribution in [0.5, 0.6) is 0 Å². The molecule has 4 heteroatoms. The molecule has 74 valence electrons. The molecular formula is C9H14BrNO2. The molecular weight excluding hydrogens is 234 g/mol. The summed E-state index contributed by atoms with van der Waals surface area (Å²) < 4.78 is 7.05. The van der Waals surface area contributed by atoms with Gasteiger partial charge in [0.15, 0.2) is 0 Å². The molecule has 0 N–H and O–H groups in total. The zero-order valence-electron chi connectivity index (χ0n) is 7.70. The highest BCUT2D eigenvalue weighted by molar-refractivity contribution is 9.07. The van der Waals surface area contributed by atoms with Crippen molar-refractivity contribution in [3.63, 3.8) is 0 Å². The molecule has 3 atom stereocenters. The number of carbonyl (C=O) groups excluding carboxylic acids is 1. The molecule has 0 aromatic carbocycles. The lowest BCUT2D eigenvalue weighted by Gasteiger charge is -2.27. The normalized spacial score (nSPS) is 38.2. The van der Waals surface area contributed by atoms with Crippen LogP contribution in [0.3, 0.4) is 0 Å². The summed E-state index contributed by atoms with van der Waals surface area (Å²) in [5.74, 6) is 0.454. The fraction of sp³-hybridized carbons (Fsp3) is 0.889. The van der Waals surface area contributed by atoms with Crippen LogP contribution in [0.4, 0.5) is 0 Å². The Hall–Kier alpha value is -0.0900. The summed E-state index contributed by atoms with van der Waals surface area (Å²) in [5, 5.41) is 0. The zero-order valence-corrected chi connectivity index (χ0v) is 9.29. The molecule has 1 aliphatic carbocycles. The maximum atomic E-state index is 11.6. The van der Waals surface area contributed by atoms with Gasteiger partial charge in [-0.25, -0.2) is 3.93 Å². The third-order valence-electron chi connectivity index (χ3n) is 3.03. The summed E-state index contributed by atoms with van der Waals surface area (Å²) in [4.78, 5) is 11.6. The molecule has 1 saturated heterocycles. The van der Waals surface area contributed by atoms with Crippen molar-refractivity contribution in [2.75, 3.05) is 6.61 Å². The second-order valence-electron chi connectivity index (χ2n) is 3.77. The average molecular weight is 248 g/mol. The number of piperidine rings is 1. The van der Waals surface area contributed by atoms with Gasteiger partial charge in [-0.3, -0.25) is 4.79 Å². The summed E-state index contributed by atoms with van der Waals surface area (Å²) in [5.41, 5.74) is 0. The number of nitrogens with zero attached hydrogens (tertiary/aromatic N) is 1. The van der Waals surface area contributed by atoms with Crippen molar-refractivity contribution in [2.45, 2.75) is 38.3 Å². The average Bonchev–Trinajstić information content (AvgIpc) is 2.63. The minimum atomic E-state index is -0.0634. The molecule has 1 aliphatic heterocycles. The minimum Gasteiger partial charge on any atom is -0.465 e. The van der Waals surface area contributed by atoms with E-state index < -0.39 is 0 Å². The molecule has 3 nitrogen and oxygen atoms in total. The van der Waals surface area contributed by atoms with Crippen molar-refractivity contribution in [2.24, 2.45) is 5.92 Å². The summed E-state index contributed by atoms with van der Waals surface area (Å²) >= 11 is 3.46. The maximum Gasteiger partial charge on any atom is 0.324 e. The Morgan fingerprint density at radius 2 is 2.38 bits per heavy atom. The van der Waals surface area contributed by atoms with Crippen molar-refractivity contribution in [3.05, 3.63) is 0 Å². The summed E-state index contributed by atoms with van der Waals surface area (Å²) in [6.45, 7) is 2.33. The van der Waals surface area contributed by atoms with E-state index in [0.717, 1.165) is 6.42 Å². The van der Waals surface area contributed by atoms with Crippen LogP contribution >= 0.6 is 16.1 Å². The number of halogens is 1. The van der Waals surface area contributed by atoms with Crippen molar-refractivity contribution in [1.29, 1.82) is 0 Å². The first-order chi connectivity index (χ1) is 6.24. The quantitative estimate of drug-likeness (QED) is 0.550. The topological polar surface area (TPSA) is 29.5 Å². The van der Waals surface area contributed by atoms with Gasteiger partial charge in [-0.15, -0.1) is 0 Å². The Morgan fingerprint density at radius 3 is 2.92 bits per heavy atom. The van der Waals surface area contributed by atoms with Crippen LogP contribution in [0.25, 0.3) is 0 Å². The summed E-state index contributed by atoms with van der Waals surface area (Å²) in [6, 6.07) is 0.526. The molecule has 0 radical (unpaired) electrons. The van der Waals surface area contributed by atoms with Crippen molar-refractivity contribution < 1.29 is 9.53 Å². The van der Waals surface area contributed by atoms with Crippen LogP contribution in [-0.2, 0) is 9.53 Å². The SMILES string of the molecule is CCOC(=O)C1C2CCC(C2)N1Br. The molecule has 3 unspecified atom stereocenters. The van der Waals surface area contributed by atoms with E-state index in [-0.39, 0.29) is 12.0 Å². The first-order valence-electron chi connectivity index (χ1n) is 4.84. The van der Waals surface area contributed by atoms with Crippen molar-refractivity contribution in [1.82, 2.24) is 3.93 Å².